The first-order chi connectivity index (χ1) is 16.7. The normalized spacial score (nSPS) is 15.8. The van der Waals surface area contributed by atoms with Gasteiger partial charge in [0.15, 0.2) is 0 Å². The van der Waals surface area contributed by atoms with Crippen LogP contribution in [0.5, 0.6) is 0 Å². The number of carbonyl (C=O) groups excluding carboxylic acids is 1. The second kappa shape index (κ2) is 8.67. The van der Waals surface area contributed by atoms with Crippen molar-refractivity contribution in [3.05, 3.63) is 102 Å². The van der Waals surface area contributed by atoms with Gasteiger partial charge in [0.05, 0.1) is 17.1 Å². The number of ether oxygens (including phenoxy) is 1. The third kappa shape index (κ3) is 3.90. The highest BCUT2D eigenvalue weighted by Crippen LogP contribution is 2.33. The molecule has 5 heteroatoms. The van der Waals surface area contributed by atoms with Crippen molar-refractivity contribution in [3.63, 3.8) is 0 Å². The van der Waals surface area contributed by atoms with Crippen LogP contribution in [-0.4, -0.2) is 27.5 Å². The van der Waals surface area contributed by atoms with Crippen LogP contribution in [0.15, 0.2) is 91.0 Å². The summed E-state index contributed by atoms with van der Waals surface area (Å²) in [4.78, 5) is 22.9. The molecule has 0 bridgehead atoms. The van der Waals surface area contributed by atoms with Gasteiger partial charge in [-0.1, -0.05) is 72.8 Å². The largest absolute Gasteiger partial charge is 0.445 e. The maximum Gasteiger partial charge on any atom is 0.410 e. The Labute approximate surface area is 198 Å². The quantitative estimate of drug-likeness (QED) is 0.327. The molecule has 0 radical (unpaired) electrons. The summed E-state index contributed by atoms with van der Waals surface area (Å²) in [6, 6.07) is 30.9. The molecule has 1 atom stereocenters. The number of aromatic amines is 1. The first-order valence-electron chi connectivity index (χ1n) is 11.7. The van der Waals surface area contributed by atoms with Crippen LogP contribution >= 0.6 is 0 Å². The van der Waals surface area contributed by atoms with Gasteiger partial charge in [-0.15, -0.1) is 0 Å². The van der Waals surface area contributed by atoms with Crippen molar-refractivity contribution in [1.29, 1.82) is 0 Å². The van der Waals surface area contributed by atoms with E-state index in [4.69, 9.17) is 9.72 Å². The van der Waals surface area contributed by atoms with Gasteiger partial charge in [-0.25, -0.2) is 9.78 Å². The number of benzene rings is 4. The van der Waals surface area contributed by atoms with E-state index in [0.717, 1.165) is 40.8 Å². The van der Waals surface area contributed by atoms with E-state index >= 15 is 0 Å². The van der Waals surface area contributed by atoms with E-state index in [0.29, 0.717) is 6.54 Å². The molecule has 5 aromatic rings. The van der Waals surface area contributed by atoms with Crippen LogP contribution < -0.4 is 0 Å². The third-order valence-electron chi connectivity index (χ3n) is 6.59. The molecule has 1 amide bonds. The summed E-state index contributed by atoms with van der Waals surface area (Å²) < 4.78 is 5.60. The van der Waals surface area contributed by atoms with Crippen LogP contribution in [0.4, 0.5) is 4.79 Å². The average Bonchev–Trinajstić information content (AvgIpc) is 3.54. The second-order valence-electron chi connectivity index (χ2n) is 8.81. The van der Waals surface area contributed by atoms with Gasteiger partial charge in [-0.3, -0.25) is 4.90 Å². The Bertz CT molecular complexity index is 1480. The van der Waals surface area contributed by atoms with Gasteiger partial charge < -0.3 is 9.72 Å². The zero-order valence-corrected chi connectivity index (χ0v) is 18.8. The van der Waals surface area contributed by atoms with Crippen LogP contribution in [0.1, 0.15) is 30.3 Å². The Balaban J connectivity index is 1.24. The number of nitrogens with one attached hydrogen (secondary N) is 1. The second-order valence-corrected chi connectivity index (χ2v) is 8.81. The molecule has 5 nitrogen and oxygen atoms in total. The number of imidazole rings is 1. The van der Waals surface area contributed by atoms with Crippen molar-refractivity contribution in [3.8, 4) is 11.1 Å². The molecule has 1 aliphatic rings. The van der Waals surface area contributed by atoms with Gasteiger partial charge >= 0.3 is 6.09 Å². The predicted molar refractivity (Wildman–Crippen MR) is 134 cm³/mol. The number of carbonyl (C=O) groups is 1. The van der Waals surface area contributed by atoms with E-state index in [9.17, 15) is 4.79 Å². The van der Waals surface area contributed by atoms with Crippen LogP contribution in [0, 0.1) is 0 Å². The number of hydrogen-bond acceptors (Lipinski definition) is 3. The topological polar surface area (TPSA) is 58.2 Å². The van der Waals surface area contributed by atoms with Gasteiger partial charge in [0.1, 0.15) is 12.4 Å². The summed E-state index contributed by atoms with van der Waals surface area (Å²) in [6.45, 7) is 0.954. The fraction of sp³-hybridized carbons (Fsp3) is 0.172. The van der Waals surface area contributed by atoms with Crippen molar-refractivity contribution < 1.29 is 9.53 Å². The number of hydrogen-bond donors (Lipinski definition) is 1. The molecule has 0 spiro atoms. The summed E-state index contributed by atoms with van der Waals surface area (Å²) in [5, 5.41) is 2.46. The molecule has 1 N–H and O–H groups in total. The lowest BCUT2D eigenvalue weighted by atomic mass is 10.0. The SMILES string of the molecule is O=C(OCc1ccccc1)N1CCCC1c1nc2ccc(-c3ccc4ccccc4c3)cc2[nH]1. The maximum absolute atomic E-state index is 12.8. The van der Waals surface area contributed by atoms with Crippen molar-refractivity contribution in [2.45, 2.75) is 25.5 Å². The fourth-order valence-electron chi connectivity index (χ4n) is 4.81. The lowest BCUT2D eigenvalue weighted by Gasteiger charge is -2.22. The minimum atomic E-state index is -0.288. The average molecular weight is 448 g/mol. The highest BCUT2D eigenvalue weighted by molar-refractivity contribution is 5.89. The van der Waals surface area contributed by atoms with E-state index in [2.05, 4.69) is 59.6 Å². The summed E-state index contributed by atoms with van der Waals surface area (Å²) in [5.41, 5.74) is 5.17. The zero-order chi connectivity index (χ0) is 22.9. The molecule has 0 aliphatic carbocycles. The Hall–Kier alpha value is -4.12. The molecule has 168 valence electrons. The van der Waals surface area contributed by atoms with E-state index in [-0.39, 0.29) is 18.7 Å². The first-order valence-corrected chi connectivity index (χ1v) is 11.7. The van der Waals surface area contributed by atoms with E-state index in [1.807, 2.05) is 36.4 Å². The molecule has 1 aliphatic heterocycles. The van der Waals surface area contributed by atoms with E-state index in [1.165, 1.54) is 16.3 Å². The summed E-state index contributed by atoms with van der Waals surface area (Å²) >= 11 is 0. The maximum atomic E-state index is 12.8. The van der Waals surface area contributed by atoms with Crippen molar-refractivity contribution in [1.82, 2.24) is 14.9 Å². The zero-order valence-electron chi connectivity index (χ0n) is 18.8. The van der Waals surface area contributed by atoms with Gasteiger partial charge in [-0.2, -0.15) is 0 Å². The molecule has 1 aromatic heterocycles. The minimum absolute atomic E-state index is 0.0974. The summed E-state index contributed by atoms with van der Waals surface area (Å²) in [6.07, 6.45) is 1.52. The van der Waals surface area contributed by atoms with Crippen molar-refractivity contribution >= 4 is 27.9 Å². The van der Waals surface area contributed by atoms with E-state index in [1.54, 1.807) is 4.90 Å². The van der Waals surface area contributed by atoms with Crippen molar-refractivity contribution in [2.24, 2.45) is 0 Å². The third-order valence-corrected chi connectivity index (χ3v) is 6.59. The Morgan fingerprint density at radius 3 is 2.56 bits per heavy atom. The molecule has 6 rings (SSSR count). The summed E-state index contributed by atoms with van der Waals surface area (Å²) in [7, 11) is 0. The number of H-pyrrole nitrogens is 1. The molecule has 1 saturated heterocycles. The van der Waals surface area contributed by atoms with Gasteiger partial charge in [0.2, 0.25) is 0 Å². The predicted octanol–water partition coefficient (Wildman–Crippen LogP) is 6.86. The molecular weight excluding hydrogens is 422 g/mol. The smallest absolute Gasteiger partial charge is 0.410 e. The van der Waals surface area contributed by atoms with E-state index < -0.39 is 0 Å². The molecule has 1 unspecified atom stereocenters. The minimum Gasteiger partial charge on any atom is -0.445 e. The Morgan fingerprint density at radius 2 is 1.68 bits per heavy atom. The number of likely N-dealkylation sites (tertiary alicyclic amines) is 1. The number of amides is 1. The number of fused-ring (bicyclic) bond motifs is 2. The van der Waals surface area contributed by atoms with Crippen molar-refractivity contribution in [2.75, 3.05) is 6.54 Å². The first kappa shape index (κ1) is 20.5. The molecular formula is C29H25N3O2. The van der Waals surface area contributed by atoms with Crippen LogP contribution in [0.2, 0.25) is 0 Å². The molecule has 34 heavy (non-hydrogen) atoms. The molecule has 1 fully saturated rings. The monoisotopic (exact) mass is 447 g/mol. The van der Waals surface area contributed by atoms with Gasteiger partial charge in [-0.05, 0) is 58.5 Å². The molecule has 0 saturated carbocycles. The number of nitrogens with zero attached hydrogens (tertiary/aromatic N) is 2. The standard InChI is InChI=1S/C29H25N3O2/c33-29(34-19-20-7-2-1-3-8-20)32-16-6-11-27(32)28-30-25-15-14-24(18-26(25)31-28)23-13-12-21-9-4-5-10-22(21)17-23/h1-5,7-10,12-15,17-18,27H,6,11,16,19H2,(H,30,31). The van der Waals surface area contributed by atoms with Gasteiger partial charge in [0.25, 0.3) is 0 Å². The lowest BCUT2D eigenvalue weighted by Crippen LogP contribution is -2.31. The number of aromatic nitrogens is 2. The Morgan fingerprint density at radius 1 is 0.912 bits per heavy atom. The number of rotatable bonds is 4. The Kier molecular flexibility index (Phi) is 5.22. The fourth-order valence-corrected chi connectivity index (χ4v) is 4.81. The lowest BCUT2D eigenvalue weighted by molar-refractivity contribution is 0.0910. The van der Waals surface area contributed by atoms with Crippen LogP contribution in [-0.2, 0) is 11.3 Å². The summed E-state index contributed by atoms with van der Waals surface area (Å²) in [5.74, 6) is 0.819. The highest BCUT2D eigenvalue weighted by atomic mass is 16.6. The highest BCUT2D eigenvalue weighted by Gasteiger charge is 2.33. The van der Waals surface area contributed by atoms with Gasteiger partial charge in [0, 0.05) is 6.54 Å². The molecule has 4 aromatic carbocycles. The van der Waals surface area contributed by atoms with Crippen LogP contribution in [0.25, 0.3) is 32.9 Å². The van der Waals surface area contributed by atoms with Crippen LogP contribution in [0.3, 0.4) is 0 Å². The molecule has 2 heterocycles.